The molecule has 0 aromatic heterocycles. The maximum absolute atomic E-state index is 12.2. The van der Waals surface area contributed by atoms with Crippen LogP contribution in [0.15, 0.2) is 30.3 Å². The number of carbonyl (C=O) groups excluding carboxylic acids is 1. The van der Waals surface area contributed by atoms with Gasteiger partial charge in [-0.25, -0.2) is 0 Å². The second kappa shape index (κ2) is 10.4. The van der Waals surface area contributed by atoms with Crippen LogP contribution in [0.3, 0.4) is 0 Å². The van der Waals surface area contributed by atoms with Crippen LogP contribution < -0.4 is 9.61 Å². The Morgan fingerprint density at radius 2 is 1.89 bits per heavy atom. The maximum atomic E-state index is 12.2. The van der Waals surface area contributed by atoms with E-state index in [1.54, 1.807) is 39.8 Å². The van der Waals surface area contributed by atoms with Crippen LogP contribution in [0.5, 0.6) is 5.75 Å². The van der Waals surface area contributed by atoms with Crippen molar-refractivity contribution >= 4 is 11.5 Å². The van der Waals surface area contributed by atoms with Crippen LogP contribution in [0.1, 0.15) is 27.7 Å². The Balaban J connectivity index is 2.09. The van der Waals surface area contributed by atoms with E-state index in [0.717, 1.165) is 18.8 Å². The van der Waals surface area contributed by atoms with Crippen molar-refractivity contribution in [1.82, 2.24) is 5.09 Å². The number of benzene rings is 1. The van der Waals surface area contributed by atoms with E-state index in [9.17, 15) is 15.0 Å². The fourth-order valence-electron chi connectivity index (χ4n) is 2.58. The molecule has 28 heavy (non-hydrogen) atoms. The van der Waals surface area contributed by atoms with Crippen LogP contribution in [-0.4, -0.2) is 59.4 Å². The van der Waals surface area contributed by atoms with Crippen molar-refractivity contribution in [1.29, 1.82) is 0 Å². The summed E-state index contributed by atoms with van der Waals surface area (Å²) in [5.41, 5.74) is -2.70. The molecule has 10 heteroatoms. The van der Waals surface area contributed by atoms with E-state index in [0.29, 0.717) is 5.75 Å². The number of para-hydroxylation sites is 1. The number of aliphatic hydroxyl groups is 2. The average Bonchev–Trinajstić information content (AvgIpc) is 2.87. The molecule has 1 aliphatic heterocycles. The van der Waals surface area contributed by atoms with Crippen LogP contribution in [0, 0.1) is 0 Å². The minimum absolute atomic E-state index is 0.0195. The molecule has 6 atom stereocenters. The van der Waals surface area contributed by atoms with Gasteiger partial charge in [-0.3, -0.25) is 0 Å². The van der Waals surface area contributed by atoms with Crippen molar-refractivity contribution in [3.63, 3.8) is 0 Å². The molecule has 158 valence electrons. The van der Waals surface area contributed by atoms with Gasteiger partial charge in [0.1, 0.15) is 0 Å². The van der Waals surface area contributed by atoms with Crippen LogP contribution in [-0.2, 0) is 37.6 Å². The number of nitrogens with one attached hydrogen (secondary N) is 1. The van der Waals surface area contributed by atoms with Crippen molar-refractivity contribution < 1.29 is 52.3 Å². The Bertz CT molecular complexity index is 690. The molecule has 1 aromatic rings. The third-order valence-corrected chi connectivity index (χ3v) is 8.76. The van der Waals surface area contributed by atoms with Crippen molar-refractivity contribution in [2.45, 2.75) is 64.3 Å². The Labute approximate surface area is 175 Å². The predicted molar refractivity (Wildman–Crippen MR) is 100 cm³/mol. The van der Waals surface area contributed by atoms with Crippen molar-refractivity contribution in [3.05, 3.63) is 30.3 Å². The van der Waals surface area contributed by atoms with Gasteiger partial charge in [-0.15, -0.1) is 0 Å². The SMILES string of the molecule is CC(C)OC(=O)[C@@H](C)N[P@](=[W])(OC[C@H]1O[C@@H](C)[C@H](O)[C@@H]1O)Oc1ccccc1. The molecule has 0 bridgehead atoms. The summed E-state index contributed by atoms with van der Waals surface area (Å²) in [7, 11) is 0. The van der Waals surface area contributed by atoms with Gasteiger partial charge in [0.25, 0.3) is 0 Å². The molecular formula is C18H28NO7PW. The van der Waals surface area contributed by atoms with Crippen LogP contribution in [0.4, 0.5) is 0 Å². The number of hydrogen-bond donors (Lipinski definition) is 3. The fraction of sp³-hybridized carbons (Fsp3) is 0.611. The quantitative estimate of drug-likeness (QED) is 0.298. The standard InChI is InChI=1S/C18H28NO7P.W/c1-11(2)24-18(22)12(3)19-27(26-14-8-6-5-7-9-14)23-10-15-17(21)16(20)13(4)25-15;/h5-9,11-13,15-17,19-21H,10H2,1-4H3;/t12-,13+,15-,16+,17-,27-;/m1./s1. The van der Waals surface area contributed by atoms with Gasteiger partial charge in [0.2, 0.25) is 0 Å². The number of hydrogen-bond acceptors (Lipinski definition) is 8. The van der Waals surface area contributed by atoms with Gasteiger partial charge in [0.15, 0.2) is 0 Å². The van der Waals surface area contributed by atoms with Gasteiger partial charge in [0.05, 0.1) is 0 Å². The molecule has 8 nitrogen and oxygen atoms in total. The van der Waals surface area contributed by atoms with Crippen molar-refractivity contribution in [2.24, 2.45) is 0 Å². The normalized spacial score (nSPS) is 28.0. The predicted octanol–water partition coefficient (Wildman–Crippen LogP) is 1.75. The molecule has 1 aromatic carbocycles. The average molecular weight is 585 g/mol. The molecule has 0 unspecified atom stereocenters. The van der Waals surface area contributed by atoms with Crippen LogP contribution in [0.2, 0.25) is 0 Å². The summed E-state index contributed by atoms with van der Waals surface area (Å²) in [6, 6.07) is 8.51. The van der Waals surface area contributed by atoms with E-state index in [1.165, 1.54) is 0 Å². The molecule has 1 aliphatic rings. The molecule has 1 heterocycles. The van der Waals surface area contributed by atoms with Gasteiger partial charge in [-0.1, -0.05) is 0 Å². The first-order valence-corrected chi connectivity index (χ1v) is 14.6. The molecule has 1 fully saturated rings. The first kappa shape index (κ1) is 23.7. The van der Waals surface area contributed by atoms with Gasteiger partial charge in [0, 0.05) is 0 Å². The summed E-state index contributed by atoms with van der Waals surface area (Å²) < 4.78 is 22.9. The zero-order valence-electron chi connectivity index (χ0n) is 16.3. The molecule has 0 spiro atoms. The molecule has 0 amide bonds. The number of aliphatic hydroxyl groups excluding tert-OH is 2. The van der Waals surface area contributed by atoms with E-state index >= 15 is 0 Å². The van der Waals surface area contributed by atoms with Gasteiger partial charge in [-0.05, 0) is 0 Å². The number of ether oxygens (including phenoxy) is 2. The molecule has 1 saturated heterocycles. The van der Waals surface area contributed by atoms with Gasteiger partial charge < -0.3 is 0 Å². The third-order valence-electron chi connectivity index (χ3n) is 4.04. The Kier molecular flexibility index (Phi) is 8.83. The van der Waals surface area contributed by atoms with Crippen LogP contribution in [0.25, 0.3) is 0 Å². The summed E-state index contributed by atoms with van der Waals surface area (Å²) in [4.78, 5) is 12.2. The molecule has 0 radical (unpaired) electrons. The summed E-state index contributed by atoms with van der Waals surface area (Å²) in [5, 5.41) is 23.1. The zero-order valence-corrected chi connectivity index (χ0v) is 20.2. The third kappa shape index (κ3) is 6.74. The van der Waals surface area contributed by atoms with Crippen molar-refractivity contribution in [2.75, 3.05) is 6.61 Å². The Morgan fingerprint density at radius 1 is 1.25 bits per heavy atom. The second-order valence-electron chi connectivity index (χ2n) is 6.89. The van der Waals surface area contributed by atoms with Gasteiger partial charge in [-0.2, -0.15) is 0 Å². The van der Waals surface area contributed by atoms with Crippen molar-refractivity contribution in [3.8, 4) is 5.75 Å². The number of rotatable bonds is 9. The fourth-order valence-corrected chi connectivity index (χ4v) is 7.37. The molecule has 2 rings (SSSR count). The molecule has 0 saturated carbocycles. The summed E-state index contributed by atoms with van der Waals surface area (Å²) in [5.74, 6) is 0.200. The van der Waals surface area contributed by atoms with E-state index in [1.807, 2.05) is 18.2 Å². The second-order valence-corrected chi connectivity index (χ2v) is 13.8. The Hall–Kier alpha value is -0.592. The first-order valence-electron chi connectivity index (χ1n) is 9.10. The molecule has 3 N–H and O–H groups in total. The van der Waals surface area contributed by atoms with E-state index in [4.69, 9.17) is 18.5 Å². The Morgan fingerprint density at radius 3 is 2.43 bits per heavy atom. The minimum atomic E-state index is -2.70. The molecule has 0 aliphatic carbocycles. The van der Waals surface area contributed by atoms with E-state index in [-0.39, 0.29) is 12.7 Å². The van der Waals surface area contributed by atoms with E-state index in [2.05, 4.69) is 5.09 Å². The number of esters is 1. The zero-order chi connectivity index (χ0) is 20.9. The van der Waals surface area contributed by atoms with Gasteiger partial charge >= 0.3 is 176 Å². The number of carbonyl (C=O) groups is 1. The van der Waals surface area contributed by atoms with Crippen LogP contribution >= 0.6 is 5.50 Å². The monoisotopic (exact) mass is 585 g/mol. The van der Waals surface area contributed by atoms with E-state index < -0.39 is 41.9 Å². The summed E-state index contributed by atoms with van der Waals surface area (Å²) in [6.45, 7) is 6.97. The topological polar surface area (TPSA) is 106 Å². The summed E-state index contributed by atoms with van der Waals surface area (Å²) in [6.07, 6.45) is -3.40. The first-order chi connectivity index (χ1) is 13.1. The summed E-state index contributed by atoms with van der Waals surface area (Å²) >= 11 is 0.969. The molecular weight excluding hydrogens is 557 g/mol.